The minimum atomic E-state index is -1.21. The normalized spacial score (nSPS) is 13.6. The van der Waals surface area contributed by atoms with Crippen LogP contribution in [-0.2, 0) is 10.3 Å². The van der Waals surface area contributed by atoms with Crippen LogP contribution in [-0.4, -0.2) is 10.9 Å². The van der Waals surface area contributed by atoms with Gasteiger partial charge in [-0.15, -0.1) is 0 Å². The van der Waals surface area contributed by atoms with Crippen LogP contribution in [0.2, 0.25) is 0 Å². The molecule has 1 amide bonds. The van der Waals surface area contributed by atoms with E-state index >= 15 is 0 Å². The Labute approximate surface area is 110 Å². The number of halogens is 1. The standard InChI is InChI=1S/C14H14FN3O/c1-14(16,10-6-3-2-4-7-10)13(19)18-12-9-5-8-11(15)17-12/h2-9H,16H2,1H3,(H,17,18,19). The van der Waals surface area contributed by atoms with E-state index in [9.17, 15) is 9.18 Å². The molecule has 4 nitrogen and oxygen atoms in total. The maximum absolute atomic E-state index is 12.9. The summed E-state index contributed by atoms with van der Waals surface area (Å²) in [5.41, 5.74) is 5.49. The van der Waals surface area contributed by atoms with Crippen molar-refractivity contribution in [1.82, 2.24) is 4.98 Å². The van der Waals surface area contributed by atoms with E-state index in [1.54, 1.807) is 31.2 Å². The molecular formula is C14H14FN3O. The molecule has 98 valence electrons. The van der Waals surface area contributed by atoms with Crippen LogP contribution in [0.3, 0.4) is 0 Å². The summed E-state index contributed by atoms with van der Waals surface area (Å²) in [6.45, 7) is 1.59. The highest BCUT2D eigenvalue weighted by molar-refractivity contribution is 5.97. The van der Waals surface area contributed by atoms with E-state index in [-0.39, 0.29) is 5.82 Å². The largest absolute Gasteiger partial charge is 0.314 e. The fourth-order valence-corrected chi connectivity index (χ4v) is 1.64. The second-order valence-corrected chi connectivity index (χ2v) is 4.37. The Morgan fingerprint density at radius 3 is 2.53 bits per heavy atom. The Bertz CT molecular complexity index is 584. The Balaban J connectivity index is 2.20. The highest BCUT2D eigenvalue weighted by atomic mass is 19.1. The third-order valence-corrected chi connectivity index (χ3v) is 2.80. The van der Waals surface area contributed by atoms with E-state index in [2.05, 4.69) is 10.3 Å². The molecule has 0 saturated heterocycles. The van der Waals surface area contributed by atoms with Crippen molar-refractivity contribution in [1.29, 1.82) is 0 Å². The number of amides is 1. The lowest BCUT2D eigenvalue weighted by molar-refractivity contribution is -0.120. The van der Waals surface area contributed by atoms with Crippen LogP contribution >= 0.6 is 0 Å². The molecular weight excluding hydrogens is 245 g/mol. The molecule has 1 aromatic carbocycles. The van der Waals surface area contributed by atoms with Gasteiger partial charge in [-0.05, 0) is 24.6 Å². The zero-order valence-corrected chi connectivity index (χ0v) is 10.4. The molecule has 0 aliphatic rings. The molecule has 3 N–H and O–H groups in total. The quantitative estimate of drug-likeness (QED) is 0.829. The summed E-state index contributed by atoms with van der Waals surface area (Å²) in [4.78, 5) is 15.7. The molecule has 1 unspecified atom stereocenters. The lowest BCUT2D eigenvalue weighted by atomic mass is 9.92. The summed E-state index contributed by atoms with van der Waals surface area (Å²) in [7, 11) is 0. The van der Waals surface area contributed by atoms with Crippen LogP contribution in [0.1, 0.15) is 12.5 Å². The van der Waals surface area contributed by atoms with Crippen LogP contribution < -0.4 is 11.1 Å². The number of carbonyl (C=O) groups is 1. The second-order valence-electron chi connectivity index (χ2n) is 4.37. The average Bonchev–Trinajstić information content (AvgIpc) is 2.39. The van der Waals surface area contributed by atoms with Gasteiger partial charge in [0, 0.05) is 0 Å². The summed E-state index contributed by atoms with van der Waals surface area (Å²) in [5.74, 6) is -0.967. The molecule has 2 rings (SSSR count). The highest BCUT2D eigenvalue weighted by Gasteiger charge is 2.30. The summed E-state index contributed by atoms with van der Waals surface area (Å²) in [6, 6.07) is 13.1. The van der Waals surface area contributed by atoms with Gasteiger partial charge in [0.15, 0.2) is 0 Å². The number of nitrogens with zero attached hydrogens (tertiary/aromatic N) is 1. The summed E-state index contributed by atoms with van der Waals surface area (Å²) >= 11 is 0. The molecule has 1 heterocycles. The van der Waals surface area contributed by atoms with Crippen molar-refractivity contribution in [3.8, 4) is 0 Å². The van der Waals surface area contributed by atoms with Crippen LogP contribution in [0.5, 0.6) is 0 Å². The zero-order chi connectivity index (χ0) is 13.9. The first-order valence-electron chi connectivity index (χ1n) is 5.78. The van der Waals surface area contributed by atoms with Gasteiger partial charge in [-0.1, -0.05) is 36.4 Å². The van der Waals surface area contributed by atoms with Gasteiger partial charge in [-0.3, -0.25) is 4.79 Å². The average molecular weight is 259 g/mol. The first-order valence-corrected chi connectivity index (χ1v) is 5.78. The van der Waals surface area contributed by atoms with Gasteiger partial charge in [0.25, 0.3) is 0 Å². The Kier molecular flexibility index (Phi) is 3.57. The van der Waals surface area contributed by atoms with E-state index in [0.717, 1.165) is 0 Å². The maximum Gasteiger partial charge on any atom is 0.249 e. The molecule has 19 heavy (non-hydrogen) atoms. The maximum atomic E-state index is 12.9. The van der Waals surface area contributed by atoms with Gasteiger partial charge in [0.1, 0.15) is 11.4 Å². The van der Waals surface area contributed by atoms with Crippen molar-refractivity contribution < 1.29 is 9.18 Å². The number of hydrogen-bond donors (Lipinski definition) is 2. The van der Waals surface area contributed by atoms with Gasteiger partial charge in [-0.25, -0.2) is 4.98 Å². The van der Waals surface area contributed by atoms with Crippen molar-refractivity contribution in [3.63, 3.8) is 0 Å². The number of aromatic nitrogens is 1. The fraction of sp³-hybridized carbons (Fsp3) is 0.143. The molecule has 0 aliphatic carbocycles. The number of rotatable bonds is 3. The van der Waals surface area contributed by atoms with E-state index in [1.165, 1.54) is 18.2 Å². The number of pyridine rings is 1. The minimum Gasteiger partial charge on any atom is -0.314 e. The first kappa shape index (κ1) is 13.2. The van der Waals surface area contributed by atoms with Crippen molar-refractivity contribution in [2.75, 3.05) is 5.32 Å². The monoisotopic (exact) mass is 259 g/mol. The van der Waals surface area contributed by atoms with E-state index in [1.807, 2.05) is 6.07 Å². The molecule has 0 spiro atoms. The van der Waals surface area contributed by atoms with Gasteiger partial charge in [-0.2, -0.15) is 4.39 Å². The molecule has 1 atom stereocenters. The van der Waals surface area contributed by atoms with Crippen molar-refractivity contribution >= 4 is 11.7 Å². The number of nitrogens with one attached hydrogen (secondary N) is 1. The van der Waals surface area contributed by atoms with Gasteiger partial charge < -0.3 is 11.1 Å². The smallest absolute Gasteiger partial charge is 0.249 e. The van der Waals surface area contributed by atoms with E-state index in [4.69, 9.17) is 5.73 Å². The molecule has 0 bridgehead atoms. The Morgan fingerprint density at radius 1 is 1.21 bits per heavy atom. The SMILES string of the molecule is CC(N)(C(=O)Nc1cccc(F)n1)c1ccccc1. The molecule has 1 aromatic heterocycles. The predicted molar refractivity (Wildman–Crippen MR) is 70.8 cm³/mol. The Morgan fingerprint density at radius 2 is 1.89 bits per heavy atom. The fourth-order valence-electron chi connectivity index (χ4n) is 1.64. The zero-order valence-electron chi connectivity index (χ0n) is 10.4. The van der Waals surface area contributed by atoms with Crippen LogP contribution in [0.25, 0.3) is 0 Å². The summed E-state index contributed by atoms with van der Waals surface area (Å²) in [5, 5.41) is 2.51. The molecule has 2 aromatic rings. The van der Waals surface area contributed by atoms with Gasteiger partial charge in [0.2, 0.25) is 11.9 Å². The van der Waals surface area contributed by atoms with Crippen molar-refractivity contribution in [2.24, 2.45) is 5.73 Å². The first-order chi connectivity index (χ1) is 9.00. The lowest BCUT2D eigenvalue weighted by Crippen LogP contribution is -2.45. The minimum absolute atomic E-state index is 0.137. The molecule has 0 aliphatic heterocycles. The molecule has 0 saturated carbocycles. The summed E-state index contributed by atoms with van der Waals surface area (Å²) in [6.07, 6.45) is 0. The van der Waals surface area contributed by atoms with Gasteiger partial charge in [0.05, 0.1) is 0 Å². The van der Waals surface area contributed by atoms with Crippen LogP contribution in [0, 0.1) is 5.95 Å². The third-order valence-electron chi connectivity index (χ3n) is 2.80. The Hall–Kier alpha value is -2.27. The predicted octanol–water partition coefficient (Wildman–Crippen LogP) is 2.03. The van der Waals surface area contributed by atoms with Crippen LogP contribution in [0.15, 0.2) is 48.5 Å². The van der Waals surface area contributed by atoms with Gasteiger partial charge >= 0.3 is 0 Å². The molecule has 0 radical (unpaired) electrons. The number of benzene rings is 1. The number of nitrogens with two attached hydrogens (primary N) is 1. The lowest BCUT2D eigenvalue weighted by Gasteiger charge is -2.23. The van der Waals surface area contributed by atoms with E-state index in [0.29, 0.717) is 5.56 Å². The molecule has 0 fully saturated rings. The highest BCUT2D eigenvalue weighted by Crippen LogP contribution is 2.19. The topological polar surface area (TPSA) is 68.0 Å². The number of carbonyl (C=O) groups excluding carboxylic acids is 1. The van der Waals surface area contributed by atoms with Crippen molar-refractivity contribution in [2.45, 2.75) is 12.5 Å². The summed E-state index contributed by atoms with van der Waals surface area (Å²) < 4.78 is 12.9. The third kappa shape index (κ3) is 2.95. The number of anilines is 1. The number of hydrogen-bond acceptors (Lipinski definition) is 3. The van der Waals surface area contributed by atoms with Crippen molar-refractivity contribution in [3.05, 3.63) is 60.0 Å². The molecule has 5 heteroatoms. The van der Waals surface area contributed by atoms with E-state index < -0.39 is 17.4 Å². The second kappa shape index (κ2) is 5.16. The van der Waals surface area contributed by atoms with Crippen LogP contribution in [0.4, 0.5) is 10.2 Å².